The van der Waals surface area contributed by atoms with E-state index in [9.17, 15) is 0 Å². The van der Waals surface area contributed by atoms with Crippen LogP contribution in [0.2, 0.25) is 0 Å². The van der Waals surface area contributed by atoms with E-state index in [1.165, 1.54) is 11.1 Å². The molecule has 0 bridgehead atoms. The molecule has 4 rings (SSSR count). The summed E-state index contributed by atoms with van der Waals surface area (Å²) in [5, 5.41) is 8.06. The Kier molecular flexibility index (Phi) is 9.83. The molecule has 0 saturated heterocycles. The first-order valence-electron chi connectivity index (χ1n) is 12.2. The van der Waals surface area contributed by atoms with Crippen molar-refractivity contribution in [3.63, 3.8) is 0 Å². The number of rotatable bonds is 10. The lowest BCUT2D eigenvalue weighted by Gasteiger charge is -2.29. The van der Waals surface area contributed by atoms with E-state index in [1.54, 1.807) is 0 Å². The first-order chi connectivity index (χ1) is 17.0. The third kappa shape index (κ3) is 6.82. The summed E-state index contributed by atoms with van der Waals surface area (Å²) in [5.74, 6) is 1.49. The van der Waals surface area contributed by atoms with Crippen molar-refractivity contribution in [1.82, 2.24) is 10.3 Å². The molecule has 0 atom stereocenters. The van der Waals surface area contributed by atoms with E-state index in [-0.39, 0.29) is 7.43 Å². The number of hydrogen-bond acceptors (Lipinski definition) is 4. The van der Waals surface area contributed by atoms with Gasteiger partial charge in [0.25, 0.3) is 0 Å². The van der Waals surface area contributed by atoms with Crippen molar-refractivity contribution in [3.05, 3.63) is 102 Å². The highest BCUT2D eigenvalue weighted by Gasteiger charge is 2.21. The van der Waals surface area contributed by atoms with Crippen molar-refractivity contribution in [3.8, 4) is 0 Å². The lowest BCUT2D eigenvalue weighted by molar-refractivity contribution is 0.688. The molecule has 2 N–H and O–H groups in total. The van der Waals surface area contributed by atoms with E-state index < -0.39 is 0 Å². The Morgan fingerprint density at radius 1 is 0.861 bits per heavy atom. The zero-order valence-electron chi connectivity index (χ0n) is 20.8. The van der Waals surface area contributed by atoms with Crippen LogP contribution in [0.5, 0.6) is 0 Å². The van der Waals surface area contributed by atoms with Gasteiger partial charge in [-0.2, -0.15) is 0 Å². The second-order valence-corrected chi connectivity index (χ2v) is 9.75. The van der Waals surface area contributed by atoms with Gasteiger partial charge in [-0.3, -0.25) is 0 Å². The van der Waals surface area contributed by atoms with Crippen LogP contribution in [0.3, 0.4) is 0 Å². The highest BCUT2D eigenvalue weighted by molar-refractivity contribution is 7.80. The Balaban J connectivity index is 0.00000361. The Morgan fingerprint density at radius 3 is 1.97 bits per heavy atom. The lowest BCUT2D eigenvalue weighted by Crippen LogP contribution is -2.27. The normalized spacial score (nSPS) is 10.7. The van der Waals surface area contributed by atoms with Crippen LogP contribution in [0, 0.1) is 5.92 Å². The van der Waals surface area contributed by atoms with Gasteiger partial charge < -0.3 is 15.5 Å². The van der Waals surface area contributed by atoms with E-state index in [1.807, 2.05) is 7.05 Å². The van der Waals surface area contributed by atoms with E-state index in [0.717, 1.165) is 52.6 Å². The number of aromatic nitrogens is 1. The third-order valence-corrected chi connectivity index (χ3v) is 6.36. The number of anilines is 2. The Labute approximate surface area is 221 Å². The maximum atomic E-state index is 5.68. The molecule has 3 aromatic carbocycles. The van der Waals surface area contributed by atoms with Crippen molar-refractivity contribution >= 4 is 39.6 Å². The SMILES string of the molecule is C.CNC(=S)Cc1c(N(Cc2ccccc2)Cc2ccccc2)nc2ccccc2c1NCC(C)C. The van der Waals surface area contributed by atoms with Crippen LogP contribution in [-0.4, -0.2) is 23.6 Å². The molecule has 0 fully saturated rings. The standard InChI is InChI=1S/C30H34N4S.CH4/c1-22(2)19-32-29-25-16-10-11-17-27(25)33-30(26(29)18-28(35)31-3)34(20-23-12-6-4-7-13-23)21-24-14-8-5-9-15-24;/h4-17,22H,18-21H2,1-3H3,(H,31,35)(H,32,33);1H4. The molecule has 0 amide bonds. The van der Waals surface area contributed by atoms with Gasteiger partial charge in [-0.15, -0.1) is 0 Å². The van der Waals surface area contributed by atoms with E-state index in [4.69, 9.17) is 17.2 Å². The molecular formula is C31H38N4S. The summed E-state index contributed by atoms with van der Waals surface area (Å²) in [5.41, 5.74) is 5.74. The summed E-state index contributed by atoms with van der Waals surface area (Å²) in [7, 11) is 1.89. The van der Waals surface area contributed by atoms with Crippen LogP contribution < -0.4 is 15.5 Å². The molecule has 0 aliphatic rings. The molecule has 1 heterocycles. The van der Waals surface area contributed by atoms with Gasteiger partial charge in [0.05, 0.1) is 16.2 Å². The predicted octanol–water partition coefficient (Wildman–Crippen LogP) is 7.23. The van der Waals surface area contributed by atoms with Crippen LogP contribution in [0.15, 0.2) is 84.9 Å². The fourth-order valence-electron chi connectivity index (χ4n) is 4.24. The summed E-state index contributed by atoms with van der Waals surface area (Å²) in [6.07, 6.45) is 0.625. The van der Waals surface area contributed by atoms with Crippen molar-refractivity contribution in [2.75, 3.05) is 23.8 Å². The number of nitrogens with one attached hydrogen (secondary N) is 2. The number of likely N-dealkylation sites (N-methyl/N-ethyl adjacent to an activating group) is 1. The Morgan fingerprint density at radius 2 is 1.42 bits per heavy atom. The molecule has 0 radical (unpaired) electrons. The minimum atomic E-state index is 0. The molecule has 4 aromatic rings. The number of benzene rings is 3. The number of fused-ring (bicyclic) bond motifs is 1. The number of nitrogens with zero attached hydrogens (tertiary/aromatic N) is 2. The van der Waals surface area contributed by atoms with Crippen LogP contribution in [-0.2, 0) is 19.5 Å². The van der Waals surface area contributed by atoms with Crippen LogP contribution in [0.4, 0.5) is 11.5 Å². The van der Waals surface area contributed by atoms with Crippen molar-refractivity contribution in [2.24, 2.45) is 5.92 Å². The van der Waals surface area contributed by atoms with E-state index in [0.29, 0.717) is 12.3 Å². The summed E-state index contributed by atoms with van der Waals surface area (Å²) >= 11 is 5.68. The monoisotopic (exact) mass is 498 g/mol. The van der Waals surface area contributed by atoms with Crippen LogP contribution in [0.25, 0.3) is 10.9 Å². The fraction of sp³-hybridized carbons (Fsp3) is 0.290. The van der Waals surface area contributed by atoms with Gasteiger partial charge in [-0.05, 0) is 23.1 Å². The number of para-hydroxylation sites is 1. The minimum Gasteiger partial charge on any atom is -0.384 e. The second-order valence-electron chi connectivity index (χ2n) is 9.26. The number of pyridine rings is 1. The van der Waals surface area contributed by atoms with Gasteiger partial charge in [-0.1, -0.05) is 112 Å². The quantitative estimate of drug-likeness (QED) is 0.226. The topological polar surface area (TPSA) is 40.2 Å². The summed E-state index contributed by atoms with van der Waals surface area (Å²) < 4.78 is 0. The molecular weight excluding hydrogens is 460 g/mol. The molecule has 0 saturated carbocycles. The van der Waals surface area contributed by atoms with Gasteiger partial charge in [0.2, 0.25) is 0 Å². The van der Waals surface area contributed by atoms with Crippen molar-refractivity contribution in [1.29, 1.82) is 0 Å². The molecule has 1 aromatic heterocycles. The Hall–Kier alpha value is -3.44. The average molecular weight is 499 g/mol. The first kappa shape index (κ1) is 27.2. The summed E-state index contributed by atoms with van der Waals surface area (Å²) in [4.78, 5) is 8.42. The van der Waals surface area contributed by atoms with Crippen LogP contribution >= 0.6 is 12.2 Å². The number of thiocarbonyl (C=S) groups is 1. The smallest absolute Gasteiger partial charge is 0.135 e. The predicted molar refractivity (Wildman–Crippen MR) is 160 cm³/mol. The first-order valence-corrected chi connectivity index (χ1v) is 12.6. The van der Waals surface area contributed by atoms with Crippen molar-refractivity contribution < 1.29 is 0 Å². The lowest BCUT2D eigenvalue weighted by atomic mass is 10.0. The average Bonchev–Trinajstić information content (AvgIpc) is 2.88. The third-order valence-electron chi connectivity index (χ3n) is 6.01. The fourth-order valence-corrected chi connectivity index (χ4v) is 4.38. The molecule has 0 aliphatic carbocycles. The van der Waals surface area contributed by atoms with Crippen LogP contribution in [0.1, 0.15) is 38.0 Å². The molecule has 188 valence electrons. The summed E-state index contributed by atoms with van der Waals surface area (Å²) in [6.45, 7) is 6.84. The maximum absolute atomic E-state index is 5.68. The van der Waals surface area contributed by atoms with E-state index >= 15 is 0 Å². The molecule has 0 aliphatic heterocycles. The van der Waals surface area contributed by atoms with Crippen molar-refractivity contribution in [2.45, 2.75) is 40.8 Å². The van der Waals surface area contributed by atoms with Gasteiger partial charge in [0.15, 0.2) is 0 Å². The molecule has 0 unspecified atom stereocenters. The molecule has 5 heteroatoms. The zero-order valence-corrected chi connectivity index (χ0v) is 21.6. The maximum Gasteiger partial charge on any atom is 0.135 e. The second kappa shape index (κ2) is 13.0. The highest BCUT2D eigenvalue weighted by Crippen LogP contribution is 2.35. The minimum absolute atomic E-state index is 0. The van der Waals surface area contributed by atoms with Gasteiger partial charge in [0, 0.05) is 44.1 Å². The van der Waals surface area contributed by atoms with E-state index in [2.05, 4.69) is 114 Å². The largest absolute Gasteiger partial charge is 0.384 e. The highest BCUT2D eigenvalue weighted by atomic mass is 32.1. The summed E-state index contributed by atoms with van der Waals surface area (Å²) in [6, 6.07) is 29.6. The van der Waals surface area contributed by atoms with Gasteiger partial charge in [0.1, 0.15) is 5.82 Å². The molecule has 4 nitrogen and oxygen atoms in total. The van der Waals surface area contributed by atoms with Gasteiger partial charge in [-0.25, -0.2) is 4.98 Å². The number of hydrogen-bond donors (Lipinski definition) is 2. The van der Waals surface area contributed by atoms with Gasteiger partial charge >= 0.3 is 0 Å². The molecule has 0 spiro atoms. The zero-order chi connectivity index (χ0) is 24.6. The molecule has 36 heavy (non-hydrogen) atoms. The Bertz CT molecular complexity index is 1210.